The van der Waals surface area contributed by atoms with E-state index in [0.29, 0.717) is 38.2 Å². The number of carbonyl (C=O) groups excluding carboxylic acids is 1. The van der Waals surface area contributed by atoms with Gasteiger partial charge in [-0.15, -0.1) is 0 Å². The number of hydrogen-bond acceptors (Lipinski definition) is 3. The first-order valence-electron chi connectivity index (χ1n) is 10.2. The summed E-state index contributed by atoms with van der Waals surface area (Å²) >= 11 is 5.17. The lowest BCUT2D eigenvalue weighted by atomic mass is 9.68. The Kier molecular flexibility index (Phi) is 6.13. The number of piperidine rings is 1. The number of halogens is 2. The van der Waals surface area contributed by atoms with Crippen LogP contribution in [0.1, 0.15) is 29.5 Å². The lowest BCUT2D eigenvalue weighted by Gasteiger charge is -2.42. The van der Waals surface area contributed by atoms with Crippen LogP contribution in [0, 0.1) is 16.3 Å². The second-order valence-corrected chi connectivity index (χ2v) is 8.20. The Morgan fingerprint density at radius 2 is 1.74 bits per heavy atom. The summed E-state index contributed by atoms with van der Waals surface area (Å²) in [5.74, 6) is -0.840. The smallest absolute Gasteiger partial charge is 0.209 e. The average molecular weight is 440 g/mol. The highest BCUT2D eigenvalue weighted by Crippen LogP contribution is 2.45. The van der Waals surface area contributed by atoms with Crippen molar-refractivity contribution in [3.63, 3.8) is 0 Å². The summed E-state index contributed by atoms with van der Waals surface area (Å²) in [7, 11) is 0. The van der Waals surface area contributed by atoms with Crippen LogP contribution in [0.5, 0.6) is 0 Å². The molecule has 0 radical (unpaired) electrons. The number of aromatic amines is 1. The number of aromatic nitrogens is 1. The molecule has 2 aromatic carbocycles. The van der Waals surface area contributed by atoms with Gasteiger partial charge in [-0.2, -0.15) is 0 Å². The van der Waals surface area contributed by atoms with Crippen molar-refractivity contribution in [1.82, 2.24) is 9.88 Å². The molecular formula is C24H23F2N3OS. The summed E-state index contributed by atoms with van der Waals surface area (Å²) in [6.07, 6.45) is 3.75. The summed E-state index contributed by atoms with van der Waals surface area (Å²) in [6, 6.07) is 16.0. The number of likely N-dealkylation sites (tertiary alicyclic amines) is 1. The van der Waals surface area contributed by atoms with Crippen molar-refractivity contribution >= 4 is 24.3 Å². The molecule has 1 amide bonds. The molecule has 160 valence electrons. The number of rotatable bonds is 6. The summed E-state index contributed by atoms with van der Waals surface area (Å²) in [5.41, 5.74) is 2.38. The van der Waals surface area contributed by atoms with Gasteiger partial charge in [-0.25, -0.2) is 8.78 Å². The number of H-pyrrole nitrogens is 1. The van der Waals surface area contributed by atoms with Gasteiger partial charge in [0.25, 0.3) is 0 Å². The molecule has 7 heteroatoms. The predicted octanol–water partition coefficient (Wildman–Crippen LogP) is 5.17. The van der Waals surface area contributed by atoms with Crippen LogP contribution in [0.3, 0.4) is 0 Å². The first-order chi connectivity index (χ1) is 15.0. The fraction of sp³-hybridized carbons (Fsp3) is 0.250. The van der Waals surface area contributed by atoms with Crippen LogP contribution in [0.2, 0.25) is 0 Å². The normalized spacial score (nSPS) is 15.5. The van der Waals surface area contributed by atoms with E-state index in [-0.39, 0.29) is 10.5 Å². The van der Waals surface area contributed by atoms with Gasteiger partial charge >= 0.3 is 0 Å². The van der Waals surface area contributed by atoms with E-state index in [1.807, 2.05) is 30.3 Å². The number of nitrogens with one attached hydrogen (secondary N) is 2. The van der Waals surface area contributed by atoms with Gasteiger partial charge in [-0.05, 0) is 36.1 Å². The van der Waals surface area contributed by atoms with E-state index in [9.17, 15) is 9.18 Å². The Balaban J connectivity index is 1.81. The number of hydrogen-bond donors (Lipinski definition) is 2. The number of amides is 1. The Bertz CT molecular complexity index is 1110. The van der Waals surface area contributed by atoms with Gasteiger partial charge in [0.05, 0.1) is 5.69 Å². The van der Waals surface area contributed by atoms with Gasteiger partial charge in [-0.3, -0.25) is 4.79 Å². The molecule has 1 aliphatic heterocycles. The van der Waals surface area contributed by atoms with Gasteiger partial charge in [0, 0.05) is 36.8 Å². The zero-order valence-corrected chi connectivity index (χ0v) is 17.7. The molecule has 3 aromatic rings. The van der Waals surface area contributed by atoms with Crippen molar-refractivity contribution in [2.45, 2.75) is 24.8 Å². The highest BCUT2D eigenvalue weighted by atomic mass is 32.1. The summed E-state index contributed by atoms with van der Waals surface area (Å²) < 4.78 is 29.0. The molecule has 2 N–H and O–H groups in total. The van der Waals surface area contributed by atoms with Gasteiger partial charge < -0.3 is 15.2 Å². The molecule has 1 saturated heterocycles. The van der Waals surface area contributed by atoms with Crippen LogP contribution in [0.25, 0.3) is 0 Å². The third kappa shape index (κ3) is 4.23. The van der Waals surface area contributed by atoms with E-state index >= 15 is 4.39 Å². The minimum Gasteiger partial charge on any atom is -0.378 e. The average Bonchev–Trinajstić information content (AvgIpc) is 2.81. The monoisotopic (exact) mass is 439 g/mol. The quantitative estimate of drug-likeness (QED) is 0.411. The Morgan fingerprint density at radius 1 is 1.06 bits per heavy atom. The molecule has 0 atom stereocenters. The molecule has 0 unspecified atom stereocenters. The summed E-state index contributed by atoms with van der Waals surface area (Å²) in [6.45, 7) is 1.48. The standard InChI is InChI=1S/C24H23F2N3OS/c25-19-8-6-18(7-9-19)24(10-12-29(16-30)13-11-24)20-15-28-23(31)21(26)22(20)27-14-17-4-2-1-3-5-17/h1-9,15-16H,10-14H2,(H2,27,28,31). The molecule has 1 aromatic heterocycles. The topological polar surface area (TPSA) is 48.1 Å². The van der Waals surface area contributed by atoms with Crippen molar-refractivity contribution in [1.29, 1.82) is 0 Å². The van der Waals surface area contributed by atoms with Gasteiger partial charge in [0.1, 0.15) is 10.5 Å². The SMILES string of the molecule is O=CN1CCC(c2ccc(F)cc2)(c2c[nH]c(=S)c(F)c2NCc2ccccc2)CC1. The van der Waals surface area contributed by atoms with E-state index < -0.39 is 11.2 Å². The van der Waals surface area contributed by atoms with Gasteiger partial charge in [-0.1, -0.05) is 54.7 Å². The highest BCUT2D eigenvalue weighted by Gasteiger charge is 2.40. The fourth-order valence-corrected chi connectivity index (χ4v) is 4.50. The minimum absolute atomic E-state index is 0.0268. The van der Waals surface area contributed by atoms with Crippen LogP contribution >= 0.6 is 12.2 Å². The van der Waals surface area contributed by atoms with Gasteiger partial charge in [0.2, 0.25) is 6.41 Å². The highest BCUT2D eigenvalue weighted by molar-refractivity contribution is 7.71. The van der Waals surface area contributed by atoms with Crippen LogP contribution in [-0.2, 0) is 16.8 Å². The van der Waals surface area contributed by atoms with Crippen molar-refractivity contribution in [2.24, 2.45) is 0 Å². The van der Waals surface area contributed by atoms with Crippen LogP contribution < -0.4 is 5.32 Å². The van der Waals surface area contributed by atoms with Crippen molar-refractivity contribution in [2.75, 3.05) is 18.4 Å². The molecule has 4 rings (SSSR count). The van der Waals surface area contributed by atoms with E-state index in [0.717, 1.165) is 23.1 Å². The molecular weight excluding hydrogens is 416 g/mol. The largest absolute Gasteiger partial charge is 0.378 e. The fourth-order valence-electron chi connectivity index (χ4n) is 4.34. The molecule has 0 bridgehead atoms. The second-order valence-electron chi connectivity index (χ2n) is 7.79. The summed E-state index contributed by atoms with van der Waals surface area (Å²) in [5, 5.41) is 3.25. The van der Waals surface area contributed by atoms with Crippen LogP contribution in [0.15, 0.2) is 60.8 Å². The Hall–Kier alpha value is -3.06. The van der Waals surface area contributed by atoms with E-state index in [4.69, 9.17) is 12.2 Å². The van der Waals surface area contributed by atoms with Crippen molar-refractivity contribution in [3.05, 3.63) is 93.8 Å². The Morgan fingerprint density at radius 3 is 2.39 bits per heavy atom. The third-order valence-corrected chi connectivity index (χ3v) is 6.36. The molecule has 0 aliphatic carbocycles. The molecule has 4 nitrogen and oxygen atoms in total. The zero-order chi connectivity index (χ0) is 21.8. The first-order valence-corrected chi connectivity index (χ1v) is 10.6. The minimum atomic E-state index is -0.591. The molecule has 0 saturated carbocycles. The lowest BCUT2D eigenvalue weighted by Crippen LogP contribution is -2.43. The van der Waals surface area contributed by atoms with E-state index in [1.165, 1.54) is 12.1 Å². The number of carbonyl (C=O) groups is 1. The molecule has 2 heterocycles. The predicted molar refractivity (Wildman–Crippen MR) is 119 cm³/mol. The second kappa shape index (κ2) is 8.98. The van der Waals surface area contributed by atoms with Crippen LogP contribution in [0.4, 0.5) is 14.5 Å². The van der Waals surface area contributed by atoms with E-state index in [2.05, 4.69) is 10.3 Å². The first kappa shape index (κ1) is 21.2. The Labute approximate surface area is 184 Å². The van der Waals surface area contributed by atoms with Crippen LogP contribution in [-0.4, -0.2) is 29.4 Å². The maximum Gasteiger partial charge on any atom is 0.209 e. The van der Waals surface area contributed by atoms with Gasteiger partial charge in [0.15, 0.2) is 5.82 Å². The van der Waals surface area contributed by atoms with Crippen molar-refractivity contribution in [3.8, 4) is 0 Å². The maximum atomic E-state index is 15.3. The number of benzene rings is 2. The molecule has 31 heavy (non-hydrogen) atoms. The zero-order valence-electron chi connectivity index (χ0n) is 16.9. The number of nitrogens with zero attached hydrogens (tertiary/aromatic N) is 1. The molecule has 1 aliphatic rings. The number of pyridine rings is 1. The van der Waals surface area contributed by atoms with E-state index in [1.54, 1.807) is 23.2 Å². The third-order valence-electron chi connectivity index (χ3n) is 6.06. The summed E-state index contributed by atoms with van der Waals surface area (Å²) in [4.78, 5) is 15.9. The lowest BCUT2D eigenvalue weighted by molar-refractivity contribution is -0.119. The molecule has 0 spiro atoms. The number of anilines is 1. The molecule has 1 fully saturated rings. The van der Waals surface area contributed by atoms with Crippen molar-refractivity contribution < 1.29 is 13.6 Å². The maximum absolute atomic E-state index is 15.3.